The molecule has 3 amide bonds. The Morgan fingerprint density at radius 2 is 1.70 bits per heavy atom. The number of hydrogen-bond donors (Lipinski definition) is 3. The van der Waals surface area contributed by atoms with Gasteiger partial charge in [-0.1, -0.05) is 0 Å². The monoisotopic (exact) mass is 397 g/mol. The van der Waals surface area contributed by atoms with E-state index in [1.807, 2.05) is 0 Å². The Morgan fingerprint density at radius 3 is 2.22 bits per heavy atom. The van der Waals surface area contributed by atoms with Gasteiger partial charge in [0.15, 0.2) is 9.84 Å². The van der Waals surface area contributed by atoms with Crippen LogP contribution in [0.4, 0.5) is 10.5 Å². The summed E-state index contributed by atoms with van der Waals surface area (Å²) in [6.45, 7) is 5.24. The van der Waals surface area contributed by atoms with Crippen LogP contribution >= 0.6 is 0 Å². The summed E-state index contributed by atoms with van der Waals surface area (Å²) >= 11 is 0. The minimum absolute atomic E-state index is 0.0227. The molecule has 0 unspecified atom stereocenters. The first-order valence-electron chi connectivity index (χ1n) is 8.36. The molecule has 1 aromatic rings. The van der Waals surface area contributed by atoms with Gasteiger partial charge in [0.2, 0.25) is 5.91 Å². The molecule has 0 radical (unpaired) electrons. The number of amides is 3. The van der Waals surface area contributed by atoms with E-state index in [2.05, 4.69) is 16.2 Å². The van der Waals surface area contributed by atoms with Crippen molar-refractivity contribution in [2.45, 2.75) is 32.8 Å². The maximum atomic E-state index is 12.1. The van der Waals surface area contributed by atoms with Gasteiger partial charge in [-0.2, -0.15) is 0 Å². The SMILES string of the molecule is CC(C)(C)OC(=O)Nc1ccc(C(=O)NNC(=O)[C@H]2CCS(=O)(=O)C2)cc1. The molecular formula is C17H23N3O6S. The molecule has 10 heteroatoms. The number of anilines is 1. The van der Waals surface area contributed by atoms with E-state index in [4.69, 9.17) is 4.74 Å². The zero-order valence-corrected chi connectivity index (χ0v) is 16.2. The molecule has 0 bridgehead atoms. The molecule has 0 saturated carbocycles. The Hall–Kier alpha value is -2.62. The highest BCUT2D eigenvalue weighted by molar-refractivity contribution is 7.91. The zero-order chi connectivity index (χ0) is 20.2. The van der Waals surface area contributed by atoms with E-state index in [1.54, 1.807) is 20.8 Å². The van der Waals surface area contributed by atoms with Gasteiger partial charge in [-0.15, -0.1) is 0 Å². The van der Waals surface area contributed by atoms with Crippen molar-refractivity contribution in [3.63, 3.8) is 0 Å². The smallest absolute Gasteiger partial charge is 0.412 e. The summed E-state index contributed by atoms with van der Waals surface area (Å²) in [5.74, 6) is -1.98. The Labute approximate surface area is 157 Å². The number of nitrogens with one attached hydrogen (secondary N) is 3. The molecule has 9 nitrogen and oxygen atoms in total. The summed E-state index contributed by atoms with van der Waals surface area (Å²) in [7, 11) is -3.18. The van der Waals surface area contributed by atoms with E-state index in [9.17, 15) is 22.8 Å². The molecule has 1 atom stereocenters. The van der Waals surface area contributed by atoms with Crippen LogP contribution < -0.4 is 16.2 Å². The molecule has 1 aliphatic heterocycles. The third-order valence-corrected chi connectivity index (χ3v) is 5.46. The van der Waals surface area contributed by atoms with Gasteiger partial charge in [0.25, 0.3) is 5.91 Å². The van der Waals surface area contributed by atoms with E-state index >= 15 is 0 Å². The highest BCUT2D eigenvalue weighted by Crippen LogP contribution is 2.18. The minimum atomic E-state index is -3.18. The first kappa shape index (κ1) is 20.7. The lowest BCUT2D eigenvalue weighted by Crippen LogP contribution is -2.44. The summed E-state index contributed by atoms with van der Waals surface area (Å²) in [5.41, 5.74) is 4.56. The molecule has 27 heavy (non-hydrogen) atoms. The third kappa shape index (κ3) is 6.55. The van der Waals surface area contributed by atoms with Crippen molar-refractivity contribution >= 4 is 33.4 Å². The Balaban J connectivity index is 1.85. The Kier molecular flexibility index (Phi) is 6.09. The van der Waals surface area contributed by atoms with Crippen LogP contribution in [-0.4, -0.2) is 43.4 Å². The maximum absolute atomic E-state index is 12.1. The van der Waals surface area contributed by atoms with E-state index in [1.165, 1.54) is 24.3 Å². The van der Waals surface area contributed by atoms with Crippen LogP contribution in [0, 0.1) is 5.92 Å². The second kappa shape index (κ2) is 7.95. The third-order valence-electron chi connectivity index (χ3n) is 3.69. The lowest BCUT2D eigenvalue weighted by molar-refractivity contribution is -0.125. The quantitative estimate of drug-likeness (QED) is 0.658. The van der Waals surface area contributed by atoms with Crippen molar-refractivity contribution in [2.75, 3.05) is 16.8 Å². The average Bonchev–Trinajstić information content (AvgIpc) is 2.91. The molecule has 1 aliphatic rings. The van der Waals surface area contributed by atoms with Gasteiger partial charge in [0.05, 0.1) is 17.4 Å². The average molecular weight is 397 g/mol. The van der Waals surface area contributed by atoms with Gasteiger partial charge in [0, 0.05) is 11.3 Å². The molecule has 1 aromatic carbocycles. The van der Waals surface area contributed by atoms with Crippen molar-refractivity contribution in [3.05, 3.63) is 29.8 Å². The number of hydrogen-bond acceptors (Lipinski definition) is 6. The lowest BCUT2D eigenvalue weighted by atomic mass is 10.1. The van der Waals surface area contributed by atoms with Crippen LogP contribution in [0.15, 0.2) is 24.3 Å². The molecule has 0 aliphatic carbocycles. The summed E-state index contributed by atoms with van der Waals surface area (Å²) < 4.78 is 27.9. The molecular weight excluding hydrogens is 374 g/mol. The van der Waals surface area contributed by atoms with Crippen molar-refractivity contribution in [1.29, 1.82) is 0 Å². The topological polar surface area (TPSA) is 131 Å². The predicted octanol–water partition coefficient (Wildman–Crippen LogP) is 1.23. The van der Waals surface area contributed by atoms with Crippen molar-refractivity contribution in [3.8, 4) is 0 Å². The molecule has 3 N–H and O–H groups in total. The van der Waals surface area contributed by atoms with Crippen LogP contribution in [0.1, 0.15) is 37.6 Å². The lowest BCUT2D eigenvalue weighted by Gasteiger charge is -2.19. The summed E-state index contributed by atoms with van der Waals surface area (Å²) in [6, 6.07) is 5.97. The van der Waals surface area contributed by atoms with Crippen LogP contribution in [-0.2, 0) is 19.4 Å². The fraction of sp³-hybridized carbons (Fsp3) is 0.471. The number of hydrazine groups is 1. The van der Waals surface area contributed by atoms with Crippen LogP contribution in [0.25, 0.3) is 0 Å². The van der Waals surface area contributed by atoms with E-state index in [0.717, 1.165) is 0 Å². The van der Waals surface area contributed by atoms with E-state index in [-0.39, 0.29) is 23.5 Å². The number of ether oxygens (including phenoxy) is 1. The molecule has 0 aromatic heterocycles. The fourth-order valence-electron chi connectivity index (χ4n) is 2.42. The Bertz CT molecular complexity index is 827. The second-order valence-electron chi connectivity index (χ2n) is 7.25. The highest BCUT2D eigenvalue weighted by Gasteiger charge is 2.33. The number of benzene rings is 1. The fourth-order valence-corrected chi connectivity index (χ4v) is 4.16. The van der Waals surface area contributed by atoms with Gasteiger partial charge < -0.3 is 4.74 Å². The number of carbonyl (C=O) groups excluding carboxylic acids is 3. The van der Waals surface area contributed by atoms with Gasteiger partial charge >= 0.3 is 6.09 Å². The van der Waals surface area contributed by atoms with Crippen LogP contribution in [0.2, 0.25) is 0 Å². The molecule has 2 rings (SSSR count). The van der Waals surface area contributed by atoms with Gasteiger partial charge in [-0.05, 0) is 51.5 Å². The standard InChI is InChI=1S/C17H23N3O6S/c1-17(2,3)26-16(23)18-13-6-4-11(5-7-13)14(21)19-20-15(22)12-8-9-27(24,25)10-12/h4-7,12H,8-10H2,1-3H3,(H,18,23)(H,19,21)(H,20,22)/t12-/m0/s1. The van der Waals surface area contributed by atoms with Crippen molar-refractivity contribution in [2.24, 2.45) is 5.92 Å². The second-order valence-corrected chi connectivity index (χ2v) is 9.48. The van der Waals surface area contributed by atoms with E-state index in [0.29, 0.717) is 5.69 Å². The van der Waals surface area contributed by atoms with Crippen molar-refractivity contribution < 1.29 is 27.5 Å². The first-order valence-corrected chi connectivity index (χ1v) is 10.2. The summed E-state index contributed by atoms with van der Waals surface area (Å²) in [4.78, 5) is 35.7. The number of rotatable bonds is 3. The zero-order valence-electron chi connectivity index (χ0n) is 15.4. The molecule has 0 spiro atoms. The molecule has 1 fully saturated rings. The van der Waals surface area contributed by atoms with Crippen molar-refractivity contribution in [1.82, 2.24) is 10.9 Å². The summed E-state index contributed by atoms with van der Waals surface area (Å²) in [5, 5.41) is 2.54. The van der Waals surface area contributed by atoms with Gasteiger partial charge in [0.1, 0.15) is 5.60 Å². The van der Waals surface area contributed by atoms with E-state index < -0.39 is 39.3 Å². The largest absolute Gasteiger partial charge is 0.444 e. The highest BCUT2D eigenvalue weighted by atomic mass is 32.2. The van der Waals surface area contributed by atoms with Crippen LogP contribution in [0.3, 0.4) is 0 Å². The predicted molar refractivity (Wildman–Crippen MR) is 98.7 cm³/mol. The summed E-state index contributed by atoms with van der Waals surface area (Å²) in [6.07, 6.45) is -0.367. The van der Waals surface area contributed by atoms with Gasteiger partial charge in [-0.3, -0.25) is 25.8 Å². The maximum Gasteiger partial charge on any atom is 0.412 e. The minimum Gasteiger partial charge on any atom is -0.444 e. The molecule has 1 saturated heterocycles. The molecule has 1 heterocycles. The Morgan fingerprint density at radius 1 is 1.07 bits per heavy atom. The van der Waals surface area contributed by atoms with Gasteiger partial charge in [-0.25, -0.2) is 13.2 Å². The molecule has 148 valence electrons. The normalized spacial score (nSPS) is 18.4. The number of carbonyl (C=O) groups is 3. The first-order chi connectivity index (χ1) is 12.5. The van der Waals surface area contributed by atoms with Crippen LogP contribution in [0.5, 0.6) is 0 Å². The number of sulfone groups is 1.